The van der Waals surface area contributed by atoms with Crippen molar-refractivity contribution in [2.75, 3.05) is 31.1 Å². The van der Waals surface area contributed by atoms with Crippen molar-refractivity contribution in [3.05, 3.63) is 74.2 Å². The highest BCUT2D eigenvalue weighted by Crippen LogP contribution is 2.28. The van der Waals surface area contributed by atoms with E-state index in [9.17, 15) is 8.42 Å². The van der Waals surface area contributed by atoms with E-state index >= 15 is 0 Å². The van der Waals surface area contributed by atoms with E-state index in [1.54, 1.807) is 11.3 Å². The maximum absolute atomic E-state index is 13.0. The standard InChI is InChI=1S/C22H23Cl2N3O2S2/c1-15-3-4-17(9-16(15)2)10-20-14-30-22(25-20)26-5-7-27(8-6-26)31(28,29)21-12-18(23)11-19(24)13-21/h3-4,9,11-14H,5-8,10H2,1-2H3. The number of aromatic nitrogens is 1. The summed E-state index contributed by atoms with van der Waals surface area (Å²) in [4.78, 5) is 7.06. The Kier molecular flexibility index (Phi) is 6.60. The maximum Gasteiger partial charge on any atom is 0.243 e. The minimum absolute atomic E-state index is 0.128. The molecule has 31 heavy (non-hydrogen) atoms. The Balaban J connectivity index is 1.41. The van der Waals surface area contributed by atoms with Crippen LogP contribution in [0.2, 0.25) is 10.0 Å². The summed E-state index contributed by atoms with van der Waals surface area (Å²) in [6, 6.07) is 10.9. The van der Waals surface area contributed by atoms with Gasteiger partial charge in [-0.05, 0) is 48.7 Å². The molecule has 1 aliphatic heterocycles. The van der Waals surface area contributed by atoms with Gasteiger partial charge in [0.25, 0.3) is 0 Å². The minimum atomic E-state index is -3.64. The predicted octanol–water partition coefficient (Wildman–Crippen LogP) is 5.17. The smallest absolute Gasteiger partial charge is 0.243 e. The summed E-state index contributed by atoms with van der Waals surface area (Å²) >= 11 is 13.6. The summed E-state index contributed by atoms with van der Waals surface area (Å²) in [6.07, 6.45) is 0.793. The second kappa shape index (κ2) is 9.08. The van der Waals surface area contributed by atoms with E-state index in [0.29, 0.717) is 36.2 Å². The van der Waals surface area contributed by atoms with Crippen molar-refractivity contribution in [2.24, 2.45) is 0 Å². The third kappa shape index (κ3) is 5.07. The zero-order chi connectivity index (χ0) is 22.2. The Bertz CT molecular complexity index is 1180. The van der Waals surface area contributed by atoms with Gasteiger partial charge in [-0.15, -0.1) is 11.3 Å². The fourth-order valence-electron chi connectivity index (χ4n) is 3.59. The highest BCUT2D eigenvalue weighted by Gasteiger charge is 2.30. The predicted molar refractivity (Wildman–Crippen MR) is 128 cm³/mol. The number of sulfonamides is 1. The number of piperazine rings is 1. The number of anilines is 1. The second-order valence-electron chi connectivity index (χ2n) is 7.71. The van der Waals surface area contributed by atoms with E-state index in [1.807, 2.05) is 0 Å². The molecule has 0 spiro atoms. The van der Waals surface area contributed by atoms with Gasteiger partial charge in [0, 0.05) is 48.0 Å². The molecule has 5 nitrogen and oxygen atoms in total. The SMILES string of the molecule is Cc1ccc(Cc2csc(N3CCN(S(=O)(=O)c4cc(Cl)cc(Cl)c4)CC3)n2)cc1C. The highest BCUT2D eigenvalue weighted by molar-refractivity contribution is 7.89. The molecular weight excluding hydrogens is 473 g/mol. The summed E-state index contributed by atoms with van der Waals surface area (Å²) in [5, 5.41) is 3.64. The van der Waals surface area contributed by atoms with Crippen molar-refractivity contribution >= 4 is 49.7 Å². The summed E-state index contributed by atoms with van der Waals surface area (Å²) in [5.74, 6) is 0. The van der Waals surface area contributed by atoms with E-state index in [0.717, 1.165) is 17.2 Å². The fourth-order valence-corrected chi connectivity index (χ4v) is 6.62. The van der Waals surface area contributed by atoms with Crippen molar-refractivity contribution in [3.63, 3.8) is 0 Å². The lowest BCUT2D eigenvalue weighted by atomic mass is 10.0. The molecule has 0 atom stereocenters. The van der Waals surface area contributed by atoms with E-state index in [2.05, 4.69) is 42.3 Å². The van der Waals surface area contributed by atoms with Crippen LogP contribution in [0.3, 0.4) is 0 Å². The van der Waals surface area contributed by atoms with E-state index in [-0.39, 0.29) is 4.90 Å². The quantitative estimate of drug-likeness (QED) is 0.489. The number of aryl methyl sites for hydroxylation is 2. The molecular formula is C22H23Cl2N3O2S2. The molecule has 1 aromatic heterocycles. The normalized spacial score (nSPS) is 15.4. The van der Waals surface area contributed by atoms with Gasteiger partial charge in [0.2, 0.25) is 10.0 Å². The molecule has 9 heteroatoms. The maximum atomic E-state index is 13.0. The summed E-state index contributed by atoms with van der Waals surface area (Å²) in [6.45, 7) is 6.18. The van der Waals surface area contributed by atoms with Gasteiger partial charge in [-0.1, -0.05) is 41.4 Å². The van der Waals surface area contributed by atoms with Gasteiger partial charge >= 0.3 is 0 Å². The molecule has 164 valence electrons. The molecule has 3 aromatic rings. The zero-order valence-corrected chi connectivity index (χ0v) is 20.5. The van der Waals surface area contributed by atoms with Crippen LogP contribution >= 0.6 is 34.5 Å². The van der Waals surface area contributed by atoms with E-state index < -0.39 is 10.0 Å². The molecule has 0 aliphatic carbocycles. The summed E-state index contributed by atoms with van der Waals surface area (Å²) in [7, 11) is -3.64. The lowest BCUT2D eigenvalue weighted by Crippen LogP contribution is -2.48. The van der Waals surface area contributed by atoms with Crippen molar-refractivity contribution in [1.82, 2.24) is 9.29 Å². The average Bonchev–Trinajstić information content (AvgIpc) is 3.18. The number of thiazole rings is 1. The van der Waals surface area contributed by atoms with E-state index in [1.165, 1.54) is 39.2 Å². The first-order valence-electron chi connectivity index (χ1n) is 9.94. The Hall–Kier alpha value is -1.64. The van der Waals surface area contributed by atoms with Crippen LogP contribution in [0.25, 0.3) is 0 Å². The van der Waals surface area contributed by atoms with Crippen molar-refractivity contribution in [3.8, 4) is 0 Å². The van der Waals surface area contributed by atoms with Crippen LogP contribution in [0.1, 0.15) is 22.4 Å². The van der Waals surface area contributed by atoms with Gasteiger partial charge in [-0.25, -0.2) is 13.4 Å². The third-order valence-electron chi connectivity index (χ3n) is 5.48. The highest BCUT2D eigenvalue weighted by atomic mass is 35.5. The van der Waals surface area contributed by atoms with E-state index in [4.69, 9.17) is 28.2 Å². The van der Waals surface area contributed by atoms with Gasteiger partial charge < -0.3 is 4.90 Å². The number of rotatable bonds is 5. The Labute approximate surface area is 197 Å². The zero-order valence-electron chi connectivity index (χ0n) is 17.3. The number of hydrogen-bond acceptors (Lipinski definition) is 5. The van der Waals surface area contributed by atoms with Crippen LogP contribution < -0.4 is 4.90 Å². The number of nitrogens with zero attached hydrogens (tertiary/aromatic N) is 3. The van der Waals surface area contributed by atoms with Gasteiger partial charge in [0.1, 0.15) is 0 Å². The van der Waals surface area contributed by atoms with Gasteiger partial charge in [-0.3, -0.25) is 0 Å². The fraction of sp³-hybridized carbons (Fsp3) is 0.318. The molecule has 0 bridgehead atoms. The van der Waals surface area contributed by atoms with Crippen molar-refractivity contribution in [2.45, 2.75) is 25.2 Å². The van der Waals surface area contributed by atoms with Crippen LogP contribution in [0.15, 0.2) is 46.7 Å². The molecule has 1 fully saturated rings. The first kappa shape index (κ1) is 22.6. The first-order chi connectivity index (χ1) is 14.7. The molecule has 1 saturated heterocycles. The molecule has 0 amide bonds. The summed E-state index contributed by atoms with van der Waals surface area (Å²) in [5.41, 5.74) is 4.85. The van der Waals surface area contributed by atoms with Gasteiger partial charge in [0.05, 0.1) is 10.6 Å². The van der Waals surface area contributed by atoms with Crippen LogP contribution in [0, 0.1) is 13.8 Å². The van der Waals surface area contributed by atoms with Crippen LogP contribution in [-0.4, -0.2) is 43.9 Å². The number of benzene rings is 2. The monoisotopic (exact) mass is 495 g/mol. The lowest BCUT2D eigenvalue weighted by Gasteiger charge is -2.33. The molecule has 1 aliphatic rings. The van der Waals surface area contributed by atoms with Gasteiger partial charge in [0.15, 0.2) is 5.13 Å². The number of halogens is 2. The third-order valence-corrected chi connectivity index (χ3v) is 8.74. The minimum Gasteiger partial charge on any atom is -0.345 e. The van der Waals surface area contributed by atoms with Crippen molar-refractivity contribution in [1.29, 1.82) is 0 Å². The summed E-state index contributed by atoms with van der Waals surface area (Å²) < 4.78 is 27.4. The van der Waals surface area contributed by atoms with Crippen molar-refractivity contribution < 1.29 is 8.42 Å². The molecule has 2 heterocycles. The molecule has 0 saturated carbocycles. The largest absolute Gasteiger partial charge is 0.345 e. The number of hydrogen-bond donors (Lipinski definition) is 0. The molecule has 0 unspecified atom stereocenters. The Morgan fingerprint density at radius 1 is 0.968 bits per heavy atom. The molecule has 2 aromatic carbocycles. The van der Waals surface area contributed by atoms with Gasteiger partial charge in [-0.2, -0.15) is 4.31 Å². The second-order valence-corrected chi connectivity index (χ2v) is 11.4. The molecule has 0 radical (unpaired) electrons. The van der Waals surface area contributed by atoms with Crippen LogP contribution in [-0.2, 0) is 16.4 Å². The van der Waals surface area contributed by atoms with Crippen LogP contribution in [0.4, 0.5) is 5.13 Å². The average molecular weight is 496 g/mol. The van der Waals surface area contributed by atoms with Crippen LogP contribution in [0.5, 0.6) is 0 Å². The molecule has 0 N–H and O–H groups in total. The first-order valence-corrected chi connectivity index (χ1v) is 13.0. The topological polar surface area (TPSA) is 53.5 Å². The Morgan fingerprint density at radius 2 is 1.65 bits per heavy atom. The lowest BCUT2D eigenvalue weighted by molar-refractivity contribution is 0.384. The molecule has 4 rings (SSSR count). The Morgan fingerprint density at radius 3 is 2.29 bits per heavy atom.